The van der Waals surface area contributed by atoms with Crippen LogP contribution in [-0.4, -0.2) is 27.6 Å². The van der Waals surface area contributed by atoms with Crippen molar-refractivity contribution in [3.05, 3.63) is 42.0 Å². The van der Waals surface area contributed by atoms with Gasteiger partial charge in [0.1, 0.15) is 5.75 Å². The lowest BCUT2D eigenvalue weighted by atomic mass is 10.0. The fraction of sp³-hybridized carbons (Fsp3) is 0.656. The van der Waals surface area contributed by atoms with Gasteiger partial charge < -0.3 is 5.11 Å². The number of unbranched alkanes of at least 4 members (excludes halogenated alkanes) is 15. The third-order valence-corrected chi connectivity index (χ3v) is 8.12. The lowest BCUT2D eigenvalue weighted by Crippen LogP contribution is -2.25. The summed E-state index contributed by atoms with van der Waals surface area (Å²) in [6, 6.07) is 11.4. The second kappa shape index (κ2) is 19.4. The van der Waals surface area contributed by atoms with E-state index in [1.54, 1.807) is 18.0 Å². The van der Waals surface area contributed by atoms with Crippen molar-refractivity contribution in [1.29, 1.82) is 0 Å². The van der Waals surface area contributed by atoms with Crippen molar-refractivity contribution < 1.29 is 9.90 Å². The van der Waals surface area contributed by atoms with Crippen LogP contribution in [0.5, 0.6) is 5.75 Å². The predicted octanol–water partition coefficient (Wildman–Crippen LogP) is 10.3. The maximum absolute atomic E-state index is 13.1. The van der Waals surface area contributed by atoms with E-state index in [2.05, 4.69) is 13.8 Å². The molecular formula is C32H51NO2S. The summed E-state index contributed by atoms with van der Waals surface area (Å²) in [5.74, 6) is 0.947. The highest BCUT2D eigenvalue weighted by Crippen LogP contribution is 2.28. The number of rotatable bonds is 21. The predicted molar refractivity (Wildman–Crippen MR) is 159 cm³/mol. The van der Waals surface area contributed by atoms with Crippen LogP contribution in [-0.2, 0) is 0 Å². The van der Waals surface area contributed by atoms with Crippen LogP contribution in [0.15, 0.2) is 36.4 Å². The first-order valence-electron chi connectivity index (χ1n) is 14.8. The molecule has 0 radical (unpaired) electrons. The number of phenols is 1. The summed E-state index contributed by atoms with van der Waals surface area (Å²) in [6.45, 7) is 5.08. The number of carbonyl (C=O) groups excluding carboxylic acids is 1. The summed E-state index contributed by atoms with van der Waals surface area (Å²) in [7, 11) is 0. The van der Waals surface area contributed by atoms with Crippen LogP contribution in [0, 0.1) is 0 Å². The molecule has 0 aliphatic heterocycles. The Morgan fingerprint density at radius 1 is 0.694 bits per heavy atom. The van der Waals surface area contributed by atoms with Gasteiger partial charge in [-0.2, -0.15) is 0 Å². The fourth-order valence-electron chi connectivity index (χ4n) is 4.79. The number of amides is 1. The summed E-state index contributed by atoms with van der Waals surface area (Å²) >= 11 is 1.62. The van der Waals surface area contributed by atoms with E-state index in [9.17, 15) is 9.90 Å². The molecule has 0 aromatic heterocycles. The molecule has 0 atom stereocenters. The van der Waals surface area contributed by atoms with Gasteiger partial charge in [0.15, 0.2) is 0 Å². The first kappa shape index (κ1) is 30.5. The van der Waals surface area contributed by atoms with E-state index in [0.29, 0.717) is 12.1 Å². The van der Waals surface area contributed by atoms with Gasteiger partial charge in [-0.3, -0.25) is 9.10 Å². The van der Waals surface area contributed by atoms with Crippen LogP contribution in [0.3, 0.4) is 0 Å². The van der Waals surface area contributed by atoms with Gasteiger partial charge in [0.25, 0.3) is 5.91 Å². The topological polar surface area (TPSA) is 40.5 Å². The third-order valence-electron chi connectivity index (χ3n) is 6.99. The van der Waals surface area contributed by atoms with Crippen LogP contribution < -0.4 is 0 Å². The molecule has 0 aliphatic carbocycles. The Balaban J connectivity index is 1.53. The summed E-state index contributed by atoms with van der Waals surface area (Å²) in [6.07, 6.45) is 22.9. The molecule has 0 saturated carbocycles. The normalized spacial score (nSPS) is 11.3. The molecule has 0 bridgehead atoms. The van der Waals surface area contributed by atoms with E-state index in [1.165, 1.54) is 96.3 Å². The summed E-state index contributed by atoms with van der Waals surface area (Å²) < 4.78 is 1.84. The Morgan fingerprint density at radius 2 is 1.17 bits per heavy atom. The Labute approximate surface area is 225 Å². The monoisotopic (exact) mass is 513 g/mol. The second-order valence-electron chi connectivity index (χ2n) is 10.3. The average molecular weight is 514 g/mol. The standard InChI is InChI=1S/C32H51NO2S/c1-3-5-6-7-8-9-10-11-12-13-14-15-16-17-18-21-25-36-33(24-4-2)32(35)30-26-28-22-19-20-23-29(28)27-31(30)34/h19-20,22-23,26-27,34H,3-18,21,24-25H2,1-2H3. The van der Waals surface area contributed by atoms with Gasteiger partial charge in [-0.1, -0.05) is 134 Å². The second-order valence-corrected chi connectivity index (χ2v) is 11.4. The van der Waals surface area contributed by atoms with Crippen LogP contribution in [0.2, 0.25) is 0 Å². The Bertz CT molecular complexity index is 853. The highest BCUT2D eigenvalue weighted by Gasteiger charge is 2.19. The van der Waals surface area contributed by atoms with Gasteiger partial charge in [-0.25, -0.2) is 0 Å². The van der Waals surface area contributed by atoms with Gasteiger partial charge in [0.05, 0.1) is 5.56 Å². The molecule has 0 spiro atoms. The molecule has 0 fully saturated rings. The van der Waals surface area contributed by atoms with Crippen molar-refractivity contribution in [2.75, 3.05) is 12.3 Å². The molecular weight excluding hydrogens is 462 g/mol. The van der Waals surface area contributed by atoms with Crippen molar-refractivity contribution in [2.45, 2.75) is 123 Å². The van der Waals surface area contributed by atoms with Crippen LogP contribution in [0.4, 0.5) is 0 Å². The zero-order chi connectivity index (χ0) is 25.8. The number of benzene rings is 2. The molecule has 0 heterocycles. The minimum absolute atomic E-state index is 0.0720. The Kier molecular flexibility index (Phi) is 16.5. The molecule has 2 aromatic rings. The lowest BCUT2D eigenvalue weighted by molar-refractivity contribution is 0.0869. The number of hydrogen-bond acceptors (Lipinski definition) is 3. The number of carbonyl (C=O) groups is 1. The van der Waals surface area contributed by atoms with Crippen LogP contribution >= 0.6 is 11.9 Å². The molecule has 4 heteroatoms. The fourth-order valence-corrected chi connectivity index (χ4v) is 5.87. The van der Waals surface area contributed by atoms with E-state index >= 15 is 0 Å². The quantitative estimate of drug-likeness (QED) is 0.133. The van der Waals surface area contributed by atoms with Gasteiger partial charge in [0, 0.05) is 12.3 Å². The molecule has 2 aromatic carbocycles. The number of aromatic hydroxyl groups is 1. The zero-order valence-electron chi connectivity index (χ0n) is 23.1. The van der Waals surface area contributed by atoms with Crippen molar-refractivity contribution in [2.24, 2.45) is 0 Å². The SMILES string of the molecule is CCCCCCCCCCCCCCCCCCSN(CCC)C(=O)c1cc2ccccc2cc1O. The van der Waals surface area contributed by atoms with E-state index in [-0.39, 0.29) is 11.7 Å². The largest absolute Gasteiger partial charge is 0.507 e. The molecule has 1 amide bonds. The van der Waals surface area contributed by atoms with Gasteiger partial charge in [-0.05, 0) is 47.7 Å². The maximum Gasteiger partial charge on any atom is 0.267 e. The summed E-state index contributed by atoms with van der Waals surface area (Å²) in [4.78, 5) is 13.1. The Morgan fingerprint density at radius 3 is 1.67 bits per heavy atom. The number of hydrogen-bond donors (Lipinski definition) is 1. The molecule has 3 nitrogen and oxygen atoms in total. The van der Waals surface area contributed by atoms with E-state index in [1.807, 2.05) is 34.6 Å². The van der Waals surface area contributed by atoms with Crippen molar-refractivity contribution in [1.82, 2.24) is 4.31 Å². The number of nitrogens with zero attached hydrogens (tertiary/aromatic N) is 1. The van der Waals surface area contributed by atoms with Gasteiger partial charge >= 0.3 is 0 Å². The highest BCUT2D eigenvalue weighted by molar-refractivity contribution is 7.97. The number of phenolic OH excluding ortho intramolecular Hbond substituents is 1. The van der Waals surface area contributed by atoms with E-state index in [4.69, 9.17) is 0 Å². The Hall–Kier alpha value is -1.68. The molecule has 0 aliphatic rings. The average Bonchev–Trinajstić information content (AvgIpc) is 2.89. The van der Waals surface area contributed by atoms with E-state index < -0.39 is 0 Å². The zero-order valence-corrected chi connectivity index (χ0v) is 23.9. The molecule has 0 saturated heterocycles. The van der Waals surface area contributed by atoms with Crippen LogP contribution in [0.25, 0.3) is 10.8 Å². The van der Waals surface area contributed by atoms with Gasteiger partial charge in [-0.15, -0.1) is 0 Å². The van der Waals surface area contributed by atoms with Crippen molar-refractivity contribution >= 4 is 28.6 Å². The third kappa shape index (κ3) is 12.0. The molecule has 36 heavy (non-hydrogen) atoms. The molecule has 2 rings (SSSR count). The lowest BCUT2D eigenvalue weighted by Gasteiger charge is -2.21. The molecule has 1 N–H and O–H groups in total. The van der Waals surface area contributed by atoms with Crippen molar-refractivity contribution in [3.8, 4) is 5.75 Å². The van der Waals surface area contributed by atoms with E-state index in [0.717, 1.165) is 29.4 Å². The highest BCUT2D eigenvalue weighted by atomic mass is 32.2. The minimum Gasteiger partial charge on any atom is -0.507 e. The molecule has 0 unspecified atom stereocenters. The first-order chi connectivity index (χ1) is 17.7. The van der Waals surface area contributed by atoms with Crippen molar-refractivity contribution in [3.63, 3.8) is 0 Å². The first-order valence-corrected chi connectivity index (χ1v) is 15.8. The summed E-state index contributed by atoms with van der Waals surface area (Å²) in [5, 5.41) is 12.4. The maximum atomic E-state index is 13.1. The number of fused-ring (bicyclic) bond motifs is 1. The van der Waals surface area contributed by atoms with Crippen LogP contribution in [0.1, 0.15) is 133 Å². The van der Waals surface area contributed by atoms with Gasteiger partial charge in [0.2, 0.25) is 0 Å². The molecule has 202 valence electrons. The summed E-state index contributed by atoms with van der Waals surface area (Å²) in [5.41, 5.74) is 0.404. The smallest absolute Gasteiger partial charge is 0.267 e. The minimum atomic E-state index is -0.0819.